The van der Waals surface area contributed by atoms with Crippen molar-refractivity contribution >= 4 is 40.0 Å². The van der Waals surface area contributed by atoms with Crippen molar-refractivity contribution in [3.63, 3.8) is 0 Å². The fourth-order valence-electron chi connectivity index (χ4n) is 2.45. The van der Waals surface area contributed by atoms with Gasteiger partial charge in [-0.3, -0.25) is 0 Å². The van der Waals surface area contributed by atoms with Crippen LogP contribution in [-0.2, 0) is 0 Å². The minimum absolute atomic E-state index is 0.484. The third kappa shape index (κ3) is 2.51. The lowest BCUT2D eigenvalue weighted by Crippen LogP contribution is -2.38. The normalized spacial score (nSPS) is 19.9. The molecule has 0 amide bonds. The van der Waals surface area contributed by atoms with Gasteiger partial charge in [0.25, 0.3) is 0 Å². The summed E-state index contributed by atoms with van der Waals surface area (Å²) in [5, 5.41) is 11.7. The van der Waals surface area contributed by atoms with Crippen molar-refractivity contribution in [3.05, 3.63) is 29.4 Å². The summed E-state index contributed by atoms with van der Waals surface area (Å²) in [6, 6.07) is 8.10. The zero-order valence-electron chi connectivity index (χ0n) is 10.8. The van der Waals surface area contributed by atoms with Crippen LogP contribution in [0.25, 0.3) is 10.8 Å². The predicted octanol–water partition coefficient (Wildman–Crippen LogP) is 3.62. The second-order valence-corrected chi connectivity index (χ2v) is 6.47. The molecule has 0 spiro atoms. The molecule has 1 atom stereocenters. The standard InChI is InChI=1S/C14H16ClN3S/c1-2-10-9-18(7-8-19-10)14-12-6-4-3-5-11(12)13(15)16-17-14/h3-6,10H,2,7-9H2,1H3. The van der Waals surface area contributed by atoms with E-state index in [2.05, 4.69) is 39.8 Å². The Bertz CT molecular complexity index is 590. The molecule has 5 heteroatoms. The molecule has 0 bridgehead atoms. The molecule has 0 aliphatic carbocycles. The number of thioether (sulfide) groups is 1. The van der Waals surface area contributed by atoms with Gasteiger partial charge in [0.2, 0.25) is 0 Å². The number of nitrogens with zero attached hydrogens (tertiary/aromatic N) is 3. The van der Waals surface area contributed by atoms with Gasteiger partial charge >= 0.3 is 0 Å². The topological polar surface area (TPSA) is 29.0 Å². The highest BCUT2D eigenvalue weighted by Gasteiger charge is 2.22. The van der Waals surface area contributed by atoms with Gasteiger partial charge in [-0.25, -0.2) is 0 Å². The first kappa shape index (κ1) is 13.0. The minimum atomic E-state index is 0.484. The van der Waals surface area contributed by atoms with Crippen molar-refractivity contribution in [1.82, 2.24) is 10.2 Å². The number of rotatable bonds is 2. The number of hydrogen-bond acceptors (Lipinski definition) is 4. The van der Waals surface area contributed by atoms with E-state index in [0.29, 0.717) is 10.4 Å². The largest absolute Gasteiger partial charge is 0.353 e. The van der Waals surface area contributed by atoms with Crippen LogP contribution in [0.2, 0.25) is 5.15 Å². The minimum Gasteiger partial charge on any atom is -0.353 e. The Hall–Kier alpha value is -1.00. The van der Waals surface area contributed by atoms with E-state index in [1.807, 2.05) is 18.2 Å². The smallest absolute Gasteiger partial charge is 0.159 e. The molecule has 19 heavy (non-hydrogen) atoms. The molecule has 100 valence electrons. The van der Waals surface area contributed by atoms with Crippen LogP contribution in [0.5, 0.6) is 0 Å². The molecule has 1 aromatic carbocycles. The van der Waals surface area contributed by atoms with Crippen LogP contribution in [-0.4, -0.2) is 34.3 Å². The molecule has 1 aliphatic heterocycles. The third-order valence-electron chi connectivity index (χ3n) is 3.52. The van der Waals surface area contributed by atoms with Gasteiger partial charge in [-0.15, -0.1) is 10.2 Å². The van der Waals surface area contributed by atoms with E-state index in [-0.39, 0.29) is 0 Å². The summed E-state index contributed by atoms with van der Waals surface area (Å²) in [6.07, 6.45) is 1.19. The first-order valence-electron chi connectivity index (χ1n) is 6.57. The average molecular weight is 294 g/mol. The molecule has 3 rings (SSSR count). The van der Waals surface area contributed by atoms with Gasteiger partial charge in [0.05, 0.1) is 0 Å². The van der Waals surface area contributed by atoms with Crippen LogP contribution in [0, 0.1) is 0 Å². The molecule has 1 aromatic heterocycles. The van der Waals surface area contributed by atoms with Gasteiger partial charge in [-0.2, -0.15) is 11.8 Å². The summed E-state index contributed by atoms with van der Waals surface area (Å²) in [5.74, 6) is 2.12. The predicted molar refractivity (Wildman–Crippen MR) is 83.3 cm³/mol. The molecule has 2 aromatic rings. The highest BCUT2D eigenvalue weighted by molar-refractivity contribution is 8.00. The Morgan fingerprint density at radius 1 is 1.32 bits per heavy atom. The lowest BCUT2D eigenvalue weighted by atomic mass is 10.1. The molecule has 3 nitrogen and oxygen atoms in total. The average Bonchev–Trinajstić information content (AvgIpc) is 2.48. The summed E-state index contributed by atoms with van der Waals surface area (Å²) in [4.78, 5) is 2.34. The fourth-order valence-corrected chi connectivity index (χ4v) is 3.83. The number of benzene rings is 1. The van der Waals surface area contributed by atoms with Crippen molar-refractivity contribution in [2.45, 2.75) is 18.6 Å². The van der Waals surface area contributed by atoms with Crippen molar-refractivity contribution in [3.8, 4) is 0 Å². The van der Waals surface area contributed by atoms with E-state index >= 15 is 0 Å². The molecule has 1 unspecified atom stereocenters. The van der Waals surface area contributed by atoms with Crippen LogP contribution in [0.1, 0.15) is 13.3 Å². The molecule has 1 fully saturated rings. The molecule has 1 aliphatic rings. The molecule has 1 saturated heterocycles. The summed E-state index contributed by atoms with van der Waals surface area (Å²) < 4.78 is 0. The van der Waals surface area contributed by atoms with Crippen LogP contribution in [0.15, 0.2) is 24.3 Å². The van der Waals surface area contributed by atoms with E-state index in [1.165, 1.54) is 6.42 Å². The first-order chi connectivity index (χ1) is 9.29. The second-order valence-electron chi connectivity index (χ2n) is 4.71. The van der Waals surface area contributed by atoms with Gasteiger partial charge < -0.3 is 4.90 Å². The number of halogens is 1. The lowest BCUT2D eigenvalue weighted by Gasteiger charge is -2.33. The zero-order valence-corrected chi connectivity index (χ0v) is 12.4. The molecule has 0 saturated carbocycles. The second kappa shape index (κ2) is 5.55. The van der Waals surface area contributed by atoms with Gasteiger partial charge in [-0.05, 0) is 6.42 Å². The van der Waals surface area contributed by atoms with Crippen LogP contribution >= 0.6 is 23.4 Å². The Balaban J connectivity index is 2.03. The SMILES string of the molecule is CCC1CN(c2nnc(Cl)c3ccccc23)CCS1. The first-order valence-corrected chi connectivity index (χ1v) is 7.99. The van der Waals surface area contributed by atoms with Gasteiger partial charge in [-0.1, -0.05) is 42.8 Å². The van der Waals surface area contributed by atoms with Crippen LogP contribution in [0.3, 0.4) is 0 Å². The van der Waals surface area contributed by atoms with E-state index < -0.39 is 0 Å². The fraction of sp³-hybridized carbons (Fsp3) is 0.429. The summed E-state index contributed by atoms with van der Waals surface area (Å²) in [5.41, 5.74) is 0. The molecular formula is C14H16ClN3S. The van der Waals surface area contributed by atoms with E-state index in [1.54, 1.807) is 0 Å². The van der Waals surface area contributed by atoms with E-state index in [0.717, 1.165) is 35.4 Å². The van der Waals surface area contributed by atoms with Crippen LogP contribution < -0.4 is 4.90 Å². The van der Waals surface area contributed by atoms with Gasteiger partial charge in [0, 0.05) is 34.9 Å². The van der Waals surface area contributed by atoms with Crippen molar-refractivity contribution in [1.29, 1.82) is 0 Å². The summed E-state index contributed by atoms with van der Waals surface area (Å²) in [7, 11) is 0. The summed E-state index contributed by atoms with van der Waals surface area (Å²) >= 11 is 8.18. The highest BCUT2D eigenvalue weighted by atomic mass is 35.5. The molecular weight excluding hydrogens is 278 g/mol. The number of fused-ring (bicyclic) bond motifs is 1. The van der Waals surface area contributed by atoms with Crippen molar-refractivity contribution in [2.24, 2.45) is 0 Å². The zero-order chi connectivity index (χ0) is 13.2. The maximum Gasteiger partial charge on any atom is 0.159 e. The van der Waals surface area contributed by atoms with Crippen molar-refractivity contribution in [2.75, 3.05) is 23.7 Å². The lowest BCUT2D eigenvalue weighted by molar-refractivity contribution is 0.717. The molecule has 0 N–H and O–H groups in total. The Labute approximate surface area is 122 Å². The Morgan fingerprint density at radius 3 is 2.89 bits per heavy atom. The maximum atomic E-state index is 6.13. The third-order valence-corrected chi connectivity index (χ3v) is 5.17. The Kier molecular flexibility index (Phi) is 3.80. The van der Waals surface area contributed by atoms with E-state index in [4.69, 9.17) is 11.6 Å². The molecule has 0 radical (unpaired) electrons. The van der Waals surface area contributed by atoms with Crippen LogP contribution in [0.4, 0.5) is 5.82 Å². The van der Waals surface area contributed by atoms with Gasteiger partial charge in [0.15, 0.2) is 11.0 Å². The molecule has 2 heterocycles. The number of aromatic nitrogens is 2. The quantitative estimate of drug-likeness (QED) is 0.846. The van der Waals surface area contributed by atoms with Crippen molar-refractivity contribution < 1.29 is 0 Å². The number of hydrogen-bond donors (Lipinski definition) is 0. The Morgan fingerprint density at radius 2 is 2.11 bits per heavy atom. The maximum absolute atomic E-state index is 6.13. The van der Waals surface area contributed by atoms with E-state index in [9.17, 15) is 0 Å². The number of anilines is 1. The monoisotopic (exact) mass is 293 g/mol. The summed E-state index contributed by atoms with van der Waals surface area (Å²) in [6.45, 7) is 4.32. The van der Waals surface area contributed by atoms with Gasteiger partial charge in [0.1, 0.15) is 0 Å². The highest BCUT2D eigenvalue weighted by Crippen LogP contribution is 2.31.